The predicted octanol–water partition coefficient (Wildman–Crippen LogP) is 1.61. The minimum absolute atomic E-state index is 0.0383. The van der Waals surface area contributed by atoms with E-state index in [-0.39, 0.29) is 35.6 Å². The number of non-ortho nitro benzene ring substituents is 1. The van der Waals surface area contributed by atoms with E-state index in [0.29, 0.717) is 10.5 Å². The van der Waals surface area contributed by atoms with Gasteiger partial charge in [0, 0.05) is 23.0 Å². The van der Waals surface area contributed by atoms with Gasteiger partial charge in [-0.15, -0.1) is 11.8 Å². The van der Waals surface area contributed by atoms with Gasteiger partial charge in [0.15, 0.2) is 0 Å². The van der Waals surface area contributed by atoms with E-state index in [0.717, 1.165) is 11.8 Å². The zero-order valence-corrected chi connectivity index (χ0v) is 18.0. The van der Waals surface area contributed by atoms with Gasteiger partial charge < -0.3 is 19.5 Å². The number of hydrogen-bond acceptors (Lipinski definition) is 9. The third-order valence-electron chi connectivity index (χ3n) is 5.39. The molecule has 2 aliphatic rings. The third-order valence-corrected chi connectivity index (χ3v) is 6.65. The molecule has 1 N–H and O–H groups in total. The van der Waals surface area contributed by atoms with Crippen molar-refractivity contribution in [3.8, 4) is 0 Å². The summed E-state index contributed by atoms with van der Waals surface area (Å²) in [4.78, 5) is 49.2. The van der Waals surface area contributed by atoms with Crippen LogP contribution < -0.4 is 0 Å². The van der Waals surface area contributed by atoms with Gasteiger partial charge in [0.2, 0.25) is 5.91 Å². The quantitative estimate of drug-likeness (QED) is 0.271. The fourth-order valence-corrected chi connectivity index (χ4v) is 4.94. The molecule has 1 amide bonds. The van der Waals surface area contributed by atoms with Crippen molar-refractivity contribution < 1.29 is 33.9 Å². The molecule has 0 spiro atoms. The van der Waals surface area contributed by atoms with E-state index in [2.05, 4.69) is 4.74 Å². The number of amides is 1. The second-order valence-corrected chi connectivity index (χ2v) is 8.35. The van der Waals surface area contributed by atoms with Gasteiger partial charge in [-0.2, -0.15) is 0 Å². The molecular weight excluding hydrogens is 428 g/mol. The van der Waals surface area contributed by atoms with Crippen molar-refractivity contribution in [2.24, 2.45) is 11.8 Å². The van der Waals surface area contributed by atoms with Gasteiger partial charge in [0.1, 0.15) is 12.3 Å². The van der Waals surface area contributed by atoms with Crippen LogP contribution in [0.2, 0.25) is 0 Å². The second kappa shape index (κ2) is 9.06. The summed E-state index contributed by atoms with van der Waals surface area (Å²) < 4.78 is 10.0. The lowest BCUT2D eigenvalue weighted by Crippen LogP contribution is -2.63. The highest BCUT2D eigenvalue weighted by molar-refractivity contribution is 8.03. The molecule has 1 aromatic carbocycles. The van der Waals surface area contributed by atoms with E-state index in [4.69, 9.17) is 4.74 Å². The van der Waals surface area contributed by atoms with Crippen LogP contribution in [0.3, 0.4) is 0 Å². The number of methoxy groups -OCH3 is 1. The van der Waals surface area contributed by atoms with E-state index in [9.17, 15) is 29.6 Å². The number of nitrogens with zero attached hydrogens (tertiary/aromatic N) is 2. The zero-order valence-electron chi connectivity index (χ0n) is 17.1. The lowest BCUT2D eigenvalue weighted by atomic mass is 9.79. The maximum atomic E-state index is 12.9. The maximum Gasteiger partial charge on any atom is 0.356 e. The standard InChI is InChI=1S/C20H22N2O8S/c1-10-16-15(11(2)23)19(25)21(16)17(18(10)31-9-14(24)29-3)20(26)30-8-12-4-6-13(7-5-12)22(27)28/h4-7,10-11,15-16,23H,8-9H2,1-3H3/t10?,11-,15?,16?/m1/s1. The van der Waals surface area contributed by atoms with Crippen LogP contribution in [-0.2, 0) is 30.5 Å². The molecular formula is C20H22N2O8S. The average Bonchev–Trinajstić information content (AvgIpc) is 2.98. The van der Waals surface area contributed by atoms with Gasteiger partial charge in [0.05, 0.1) is 35.8 Å². The number of carbonyl (C=O) groups is 3. The number of benzene rings is 1. The van der Waals surface area contributed by atoms with Crippen LogP contribution in [-0.4, -0.2) is 57.8 Å². The minimum atomic E-state index is -0.876. The number of hydrogen-bond donors (Lipinski definition) is 1. The Bertz CT molecular complexity index is 943. The monoisotopic (exact) mass is 450 g/mol. The van der Waals surface area contributed by atoms with Crippen LogP contribution in [0.25, 0.3) is 0 Å². The van der Waals surface area contributed by atoms with Gasteiger partial charge in [-0.3, -0.25) is 19.7 Å². The molecule has 1 aromatic rings. The summed E-state index contributed by atoms with van der Waals surface area (Å²) in [7, 11) is 1.26. The summed E-state index contributed by atoms with van der Waals surface area (Å²) in [6.07, 6.45) is -0.876. The summed E-state index contributed by atoms with van der Waals surface area (Å²) in [6, 6.07) is 5.17. The Morgan fingerprint density at radius 1 is 1.32 bits per heavy atom. The molecule has 1 fully saturated rings. The van der Waals surface area contributed by atoms with Crippen molar-refractivity contribution in [2.45, 2.75) is 32.6 Å². The lowest BCUT2D eigenvalue weighted by Gasteiger charge is -2.46. The summed E-state index contributed by atoms with van der Waals surface area (Å²) in [6.45, 7) is 3.21. The number of ether oxygens (including phenoxy) is 2. The number of esters is 2. The summed E-state index contributed by atoms with van der Waals surface area (Å²) >= 11 is 1.11. The number of thioether (sulfide) groups is 1. The van der Waals surface area contributed by atoms with E-state index < -0.39 is 34.9 Å². The van der Waals surface area contributed by atoms with Gasteiger partial charge in [-0.25, -0.2) is 4.79 Å². The topological polar surface area (TPSA) is 136 Å². The highest BCUT2D eigenvalue weighted by Gasteiger charge is 2.60. The number of β-lactam (4-membered cyclic amide) rings is 1. The van der Waals surface area contributed by atoms with Gasteiger partial charge >= 0.3 is 11.9 Å². The van der Waals surface area contributed by atoms with Crippen LogP contribution in [0.5, 0.6) is 0 Å². The first-order chi connectivity index (χ1) is 14.7. The molecule has 3 unspecified atom stereocenters. The molecule has 0 saturated carbocycles. The van der Waals surface area contributed by atoms with Crippen molar-refractivity contribution in [3.63, 3.8) is 0 Å². The van der Waals surface area contributed by atoms with E-state index in [1.165, 1.54) is 43.2 Å². The van der Waals surface area contributed by atoms with Crippen molar-refractivity contribution >= 4 is 35.3 Å². The molecule has 11 heteroatoms. The molecule has 2 aliphatic heterocycles. The molecule has 2 heterocycles. The largest absolute Gasteiger partial charge is 0.468 e. The first-order valence-electron chi connectivity index (χ1n) is 9.52. The van der Waals surface area contributed by atoms with Crippen LogP contribution in [0.15, 0.2) is 34.9 Å². The molecule has 4 atom stereocenters. The molecule has 31 heavy (non-hydrogen) atoms. The number of nitro benzene ring substituents is 1. The molecule has 166 valence electrons. The van der Waals surface area contributed by atoms with Crippen molar-refractivity contribution in [1.29, 1.82) is 0 Å². The Morgan fingerprint density at radius 3 is 2.52 bits per heavy atom. The summed E-state index contributed by atoms with van der Waals surface area (Å²) in [5.41, 5.74) is 0.528. The van der Waals surface area contributed by atoms with E-state index in [1.54, 1.807) is 0 Å². The molecule has 10 nitrogen and oxygen atoms in total. The number of rotatable bonds is 8. The highest BCUT2D eigenvalue weighted by Crippen LogP contribution is 2.50. The van der Waals surface area contributed by atoms with Crippen LogP contribution in [0, 0.1) is 22.0 Å². The number of aliphatic hydroxyl groups excluding tert-OH is 1. The Balaban J connectivity index is 1.80. The van der Waals surface area contributed by atoms with Crippen molar-refractivity contribution in [3.05, 3.63) is 50.5 Å². The van der Waals surface area contributed by atoms with Crippen molar-refractivity contribution in [1.82, 2.24) is 4.90 Å². The molecule has 0 bridgehead atoms. The van der Waals surface area contributed by atoms with E-state index in [1.807, 2.05) is 6.92 Å². The minimum Gasteiger partial charge on any atom is -0.468 e. The Morgan fingerprint density at radius 2 is 1.97 bits per heavy atom. The number of carbonyl (C=O) groups excluding carboxylic acids is 3. The van der Waals surface area contributed by atoms with Gasteiger partial charge in [-0.1, -0.05) is 6.92 Å². The molecule has 3 rings (SSSR count). The van der Waals surface area contributed by atoms with Crippen LogP contribution >= 0.6 is 11.8 Å². The Kier molecular flexibility index (Phi) is 6.65. The first-order valence-corrected chi connectivity index (χ1v) is 10.5. The summed E-state index contributed by atoms with van der Waals surface area (Å²) in [5.74, 6) is -2.53. The second-order valence-electron chi connectivity index (χ2n) is 7.33. The SMILES string of the molecule is COC(=O)CSC1=C(C(=O)OCc2ccc([N+](=O)[O-])cc2)N2C(=O)C([C@@H](C)O)C2C1C. The fourth-order valence-electron chi connectivity index (χ4n) is 3.83. The normalized spacial score (nSPS) is 23.2. The van der Waals surface area contributed by atoms with Gasteiger partial charge in [-0.05, 0) is 24.6 Å². The van der Waals surface area contributed by atoms with Crippen LogP contribution in [0.1, 0.15) is 19.4 Å². The average molecular weight is 450 g/mol. The predicted molar refractivity (Wildman–Crippen MR) is 109 cm³/mol. The van der Waals surface area contributed by atoms with Gasteiger partial charge in [0.25, 0.3) is 5.69 Å². The molecule has 0 radical (unpaired) electrons. The summed E-state index contributed by atoms with van der Waals surface area (Å²) in [5, 5.41) is 20.7. The molecule has 1 saturated heterocycles. The zero-order chi connectivity index (χ0) is 22.9. The fraction of sp³-hybridized carbons (Fsp3) is 0.450. The molecule has 0 aliphatic carbocycles. The number of fused-ring (bicyclic) bond motifs is 1. The van der Waals surface area contributed by atoms with Crippen molar-refractivity contribution in [2.75, 3.05) is 12.9 Å². The highest BCUT2D eigenvalue weighted by atomic mass is 32.2. The number of nitro groups is 1. The lowest BCUT2D eigenvalue weighted by molar-refractivity contribution is -0.384. The third kappa shape index (κ3) is 4.28. The Labute approximate surface area is 182 Å². The smallest absolute Gasteiger partial charge is 0.356 e. The number of aliphatic hydroxyl groups is 1. The molecule has 0 aromatic heterocycles. The first kappa shape index (κ1) is 22.8. The maximum absolute atomic E-state index is 12.9. The Hall–Kier alpha value is -2.92. The van der Waals surface area contributed by atoms with Crippen LogP contribution in [0.4, 0.5) is 5.69 Å². The van der Waals surface area contributed by atoms with E-state index >= 15 is 0 Å².